The SMILES string of the molecule is N#Cc1cnc(NCc2ccccc2OC(F)(F)F)nc1NCC12CC3C[C@H](C1)[C@H](N)[C@@H](C3)C2. The number of alkyl halides is 3. The summed E-state index contributed by atoms with van der Waals surface area (Å²) in [5.74, 6) is 2.25. The zero-order valence-electron chi connectivity index (χ0n) is 18.6. The molecule has 1 aromatic heterocycles. The van der Waals surface area contributed by atoms with Gasteiger partial charge in [0.05, 0.1) is 6.20 Å². The first kappa shape index (κ1) is 22.7. The summed E-state index contributed by atoms with van der Waals surface area (Å²) in [5, 5.41) is 15.9. The number of nitrogens with two attached hydrogens (primary N) is 1. The molecule has 2 aromatic rings. The van der Waals surface area contributed by atoms with Gasteiger partial charge >= 0.3 is 6.36 Å². The Kier molecular flexibility index (Phi) is 5.76. The van der Waals surface area contributed by atoms with E-state index >= 15 is 0 Å². The maximum atomic E-state index is 12.7. The molecule has 5 atom stereocenters. The first-order chi connectivity index (χ1) is 16.2. The van der Waals surface area contributed by atoms with E-state index in [0.717, 1.165) is 25.3 Å². The Balaban J connectivity index is 1.28. The highest BCUT2D eigenvalue weighted by Gasteiger charge is 2.54. The summed E-state index contributed by atoms with van der Waals surface area (Å²) in [6, 6.07) is 8.32. The van der Waals surface area contributed by atoms with Crippen molar-refractivity contribution in [3.05, 3.63) is 41.6 Å². The molecular weight excluding hydrogens is 445 g/mol. The summed E-state index contributed by atoms with van der Waals surface area (Å²) in [5.41, 5.74) is 7.27. The monoisotopic (exact) mass is 472 g/mol. The molecular formula is C24H27F3N6O. The fraction of sp³-hybridized carbons (Fsp3) is 0.542. The highest BCUT2D eigenvalue weighted by molar-refractivity contribution is 5.53. The van der Waals surface area contributed by atoms with E-state index in [1.54, 1.807) is 6.07 Å². The van der Waals surface area contributed by atoms with Crippen LogP contribution in [0.25, 0.3) is 0 Å². The number of nitrogens with one attached hydrogen (secondary N) is 2. The summed E-state index contributed by atoms with van der Waals surface area (Å²) >= 11 is 0. The lowest BCUT2D eigenvalue weighted by Crippen LogP contribution is -2.58. The van der Waals surface area contributed by atoms with Crippen molar-refractivity contribution in [3.8, 4) is 11.8 Å². The minimum atomic E-state index is -4.78. The maximum Gasteiger partial charge on any atom is 0.573 e. The van der Waals surface area contributed by atoms with Gasteiger partial charge in [0.2, 0.25) is 5.95 Å². The van der Waals surface area contributed by atoms with E-state index in [1.807, 2.05) is 0 Å². The van der Waals surface area contributed by atoms with Gasteiger partial charge in [-0.15, -0.1) is 13.2 Å². The topological polar surface area (TPSA) is 109 Å². The van der Waals surface area contributed by atoms with Crippen LogP contribution >= 0.6 is 0 Å². The number of hydrogen-bond acceptors (Lipinski definition) is 7. The Morgan fingerprint density at radius 2 is 1.88 bits per heavy atom. The number of anilines is 2. The summed E-state index contributed by atoms with van der Waals surface area (Å²) in [6.45, 7) is 0.751. The lowest BCUT2D eigenvalue weighted by atomic mass is 9.48. The molecule has 0 aliphatic heterocycles. The number of hydrogen-bond donors (Lipinski definition) is 3. The fourth-order valence-electron chi connectivity index (χ4n) is 6.45. The molecule has 0 radical (unpaired) electrons. The van der Waals surface area contributed by atoms with Gasteiger partial charge in [0.25, 0.3) is 0 Å². The number of benzene rings is 1. The Morgan fingerprint density at radius 3 is 2.59 bits per heavy atom. The minimum absolute atomic E-state index is 0.0322. The third-order valence-corrected chi connectivity index (χ3v) is 7.65. The molecule has 10 heteroatoms. The number of nitrogens with zero attached hydrogens (tertiary/aromatic N) is 3. The van der Waals surface area contributed by atoms with Gasteiger partial charge in [-0.2, -0.15) is 10.2 Å². The first-order valence-corrected chi connectivity index (χ1v) is 11.6. The number of ether oxygens (including phenoxy) is 1. The summed E-state index contributed by atoms with van der Waals surface area (Å²) in [7, 11) is 0. The number of rotatable bonds is 7. The minimum Gasteiger partial charge on any atom is -0.405 e. The predicted molar refractivity (Wildman–Crippen MR) is 120 cm³/mol. The molecule has 2 unspecified atom stereocenters. The summed E-state index contributed by atoms with van der Waals surface area (Å²) in [6.07, 6.45) is 2.47. The third-order valence-electron chi connectivity index (χ3n) is 7.65. The molecule has 7 nitrogen and oxygen atoms in total. The molecule has 4 aliphatic rings. The number of aromatic nitrogens is 2. The maximum absolute atomic E-state index is 12.7. The standard InChI is InChI=1S/C24H27F3N6O/c25-24(26,27)34-19-4-2-1-3-15(19)11-30-22-31-12-18(10-28)21(33-22)32-13-23-7-14-5-16(8-23)20(29)17(6-14)9-23/h1-4,12,14,16-17,20H,5-9,11,13,29H2,(H2,30,31,32,33)/t14?,16-,17+,20+,23?. The summed E-state index contributed by atoms with van der Waals surface area (Å²) < 4.78 is 42.1. The molecule has 4 aliphatic carbocycles. The van der Waals surface area contributed by atoms with E-state index in [2.05, 4.69) is 31.4 Å². The van der Waals surface area contributed by atoms with E-state index in [-0.39, 0.29) is 23.7 Å². The van der Waals surface area contributed by atoms with E-state index in [1.165, 1.54) is 43.7 Å². The first-order valence-electron chi connectivity index (χ1n) is 11.6. The van der Waals surface area contributed by atoms with Crippen molar-refractivity contribution in [3.63, 3.8) is 0 Å². The van der Waals surface area contributed by atoms with Crippen molar-refractivity contribution in [1.82, 2.24) is 9.97 Å². The van der Waals surface area contributed by atoms with Gasteiger partial charge in [0.1, 0.15) is 23.2 Å². The van der Waals surface area contributed by atoms with Gasteiger partial charge in [-0.1, -0.05) is 18.2 Å². The second kappa shape index (κ2) is 8.62. The van der Waals surface area contributed by atoms with Gasteiger partial charge in [-0.3, -0.25) is 0 Å². The number of para-hydroxylation sites is 1. The van der Waals surface area contributed by atoms with Crippen molar-refractivity contribution >= 4 is 11.8 Å². The van der Waals surface area contributed by atoms with Gasteiger partial charge < -0.3 is 21.1 Å². The van der Waals surface area contributed by atoms with Gasteiger partial charge in [-0.05, 0) is 61.3 Å². The third kappa shape index (κ3) is 4.62. The van der Waals surface area contributed by atoms with Crippen LogP contribution in [-0.4, -0.2) is 28.9 Å². The molecule has 4 bridgehead atoms. The zero-order chi connectivity index (χ0) is 23.9. The normalized spacial score (nSPS) is 29.5. The molecule has 1 heterocycles. The highest BCUT2D eigenvalue weighted by Crippen LogP contribution is 2.59. The Bertz CT molecular complexity index is 1080. The fourth-order valence-corrected chi connectivity index (χ4v) is 6.45. The zero-order valence-corrected chi connectivity index (χ0v) is 18.6. The summed E-state index contributed by atoms with van der Waals surface area (Å²) in [4.78, 5) is 8.60. The average molecular weight is 473 g/mol. The van der Waals surface area contributed by atoms with Crippen LogP contribution in [0.5, 0.6) is 5.75 Å². The van der Waals surface area contributed by atoms with Crippen molar-refractivity contribution in [2.24, 2.45) is 28.9 Å². The number of nitriles is 1. The largest absolute Gasteiger partial charge is 0.573 e. The van der Waals surface area contributed by atoms with Crippen molar-refractivity contribution in [1.29, 1.82) is 5.26 Å². The molecule has 4 saturated carbocycles. The van der Waals surface area contributed by atoms with Crippen LogP contribution in [-0.2, 0) is 6.54 Å². The molecule has 180 valence electrons. The van der Waals surface area contributed by atoms with Crippen molar-refractivity contribution in [2.45, 2.75) is 51.1 Å². The van der Waals surface area contributed by atoms with Gasteiger partial charge in [0, 0.05) is 24.7 Å². The molecule has 34 heavy (non-hydrogen) atoms. The highest BCUT2D eigenvalue weighted by atomic mass is 19.4. The molecule has 6 rings (SSSR count). The van der Waals surface area contributed by atoms with Crippen LogP contribution in [0, 0.1) is 34.5 Å². The predicted octanol–water partition coefficient (Wildman–Crippen LogP) is 4.42. The lowest BCUT2D eigenvalue weighted by Gasteiger charge is -2.59. The van der Waals surface area contributed by atoms with Crippen LogP contribution in [0.15, 0.2) is 30.5 Å². The number of halogens is 3. The van der Waals surface area contributed by atoms with E-state index in [4.69, 9.17) is 5.73 Å². The van der Waals surface area contributed by atoms with Crippen LogP contribution in [0.1, 0.15) is 43.2 Å². The quantitative estimate of drug-likeness (QED) is 0.547. The van der Waals surface area contributed by atoms with Crippen LogP contribution < -0.4 is 21.1 Å². The molecule has 4 fully saturated rings. The second-order valence-electron chi connectivity index (χ2n) is 9.98. The van der Waals surface area contributed by atoms with E-state index in [0.29, 0.717) is 34.8 Å². The van der Waals surface area contributed by atoms with Crippen LogP contribution in [0.3, 0.4) is 0 Å². The van der Waals surface area contributed by atoms with E-state index in [9.17, 15) is 18.4 Å². The molecule has 1 aromatic carbocycles. The Hall–Kier alpha value is -3.06. The van der Waals surface area contributed by atoms with Gasteiger partial charge in [0.15, 0.2) is 0 Å². The van der Waals surface area contributed by atoms with Crippen molar-refractivity contribution < 1.29 is 17.9 Å². The lowest BCUT2D eigenvalue weighted by molar-refractivity contribution is -0.274. The van der Waals surface area contributed by atoms with Crippen LogP contribution in [0.2, 0.25) is 0 Å². The molecule has 4 N–H and O–H groups in total. The van der Waals surface area contributed by atoms with E-state index < -0.39 is 6.36 Å². The molecule has 0 amide bonds. The van der Waals surface area contributed by atoms with Crippen molar-refractivity contribution in [2.75, 3.05) is 17.2 Å². The smallest absolute Gasteiger partial charge is 0.405 e. The second-order valence-corrected chi connectivity index (χ2v) is 9.98. The average Bonchev–Trinajstić information content (AvgIpc) is 2.79. The Labute approximate surface area is 195 Å². The molecule has 0 spiro atoms. The van der Waals surface area contributed by atoms with Crippen LogP contribution in [0.4, 0.5) is 24.9 Å². The Morgan fingerprint density at radius 1 is 1.15 bits per heavy atom. The molecule has 0 saturated heterocycles. The van der Waals surface area contributed by atoms with Gasteiger partial charge in [-0.25, -0.2) is 4.98 Å².